The van der Waals surface area contributed by atoms with Crippen molar-refractivity contribution in [1.29, 1.82) is 0 Å². The van der Waals surface area contributed by atoms with Crippen LogP contribution in [0.15, 0.2) is 42.5 Å². The molecule has 2 aromatic carbocycles. The van der Waals surface area contributed by atoms with Gasteiger partial charge in [-0.05, 0) is 25.1 Å². The Balaban J connectivity index is 2.00. The van der Waals surface area contributed by atoms with Crippen LogP contribution in [0.25, 0.3) is 0 Å². The Kier molecular flexibility index (Phi) is 6.19. The molecule has 25 heavy (non-hydrogen) atoms. The number of methoxy groups -OCH3 is 1. The number of rotatable bonds is 7. The zero-order chi connectivity index (χ0) is 18.4. The molecule has 1 amide bonds. The van der Waals surface area contributed by atoms with Gasteiger partial charge in [-0.15, -0.1) is 0 Å². The predicted octanol–water partition coefficient (Wildman–Crippen LogP) is 3.51. The van der Waals surface area contributed by atoms with Gasteiger partial charge in [-0.1, -0.05) is 29.8 Å². The first-order valence-electron chi connectivity index (χ1n) is 7.41. The zero-order valence-corrected chi connectivity index (χ0v) is 14.4. The number of nitrogens with one attached hydrogen (secondary N) is 1. The van der Waals surface area contributed by atoms with Gasteiger partial charge in [-0.3, -0.25) is 14.9 Å². The van der Waals surface area contributed by atoms with Crippen LogP contribution in [0.1, 0.15) is 18.5 Å². The fraction of sp³-hybridized carbons (Fsp3) is 0.235. The topological polar surface area (TPSA) is 90.7 Å². The Morgan fingerprint density at radius 1 is 1.28 bits per heavy atom. The molecule has 0 aliphatic heterocycles. The largest absolute Gasteiger partial charge is 0.496 e. The first-order chi connectivity index (χ1) is 11.9. The van der Waals surface area contributed by atoms with E-state index in [1.165, 1.54) is 18.2 Å². The third kappa shape index (κ3) is 4.84. The van der Waals surface area contributed by atoms with Gasteiger partial charge >= 0.3 is 5.69 Å². The Hall–Kier alpha value is -2.80. The van der Waals surface area contributed by atoms with Crippen molar-refractivity contribution in [1.82, 2.24) is 5.32 Å². The van der Waals surface area contributed by atoms with Crippen LogP contribution in [0, 0.1) is 10.1 Å². The van der Waals surface area contributed by atoms with Crippen molar-refractivity contribution in [3.05, 3.63) is 63.2 Å². The average molecular weight is 365 g/mol. The predicted molar refractivity (Wildman–Crippen MR) is 93.2 cm³/mol. The van der Waals surface area contributed by atoms with Crippen molar-refractivity contribution >= 4 is 23.2 Å². The van der Waals surface area contributed by atoms with Gasteiger partial charge in [-0.2, -0.15) is 0 Å². The molecule has 2 aromatic rings. The Morgan fingerprint density at radius 2 is 2.00 bits per heavy atom. The molecule has 1 unspecified atom stereocenters. The molecule has 0 bridgehead atoms. The number of hydrogen-bond donors (Lipinski definition) is 1. The maximum atomic E-state index is 12.1. The number of carbonyl (C=O) groups excluding carboxylic acids is 1. The number of nitrogens with zero attached hydrogens (tertiary/aromatic N) is 1. The van der Waals surface area contributed by atoms with E-state index in [9.17, 15) is 14.9 Å². The average Bonchev–Trinajstić information content (AvgIpc) is 2.60. The summed E-state index contributed by atoms with van der Waals surface area (Å²) in [7, 11) is 1.55. The molecule has 2 rings (SSSR count). The summed E-state index contributed by atoms with van der Waals surface area (Å²) in [4.78, 5) is 22.5. The van der Waals surface area contributed by atoms with E-state index in [-0.39, 0.29) is 29.1 Å². The minimum Gasteiger partial charge on any atom is -0.496 e. The fourth-order valence-electron chi connectivity index (χ4n) is 2.28. The molecule has 0 saturated carbocycles. The molecule has 0 fully saturated rings. The molecule has 132 valence electrons. The standard InChI is InChI=1S/C17H17ClN2O5/c1-11(13-5-3-4-6-15(13)24-2)19-17(21)10-25-16-8-7-12(18)9-14(16)20(22)23/h3-9,11H,10H2,1-2H3,(H,19,21). The normalized spacial score (nSPS) is 11.5. The van der Waals surface area contributed by atoms with Gasteiger partial charge in [0.25, 0.3) is 5.91 Å². The summed E-state index contributed by atoms with van der Waals surface area (Å²) in [5, 5.41) is 14.0. The van der Waals surface area contributed by atoms with E-state index >= 15 is 0 Å². The summed E-state index contributed by atoms with van der Waals surface area (Å²) >= 11 is 5.74. The van der Waals surface area contributed by atoms with E-state index in [0.717, 1.165) is 5.56 Å². The van der Waals surface area contributed by atoms with Gasteiger partial charge in [0.05, 0.1) is 18.1 Å². The molecule has 8 heteroatoms. The number of ether oxygens (including phenoxy) is 2. The lowest BCUT2D eigenvalue weighted by Crippen LogP contribution is -2.31. The van der Waals surface area contributed by atoms with Crippen LogP contribution < -0.4 is 14.8 Å². The smallest absolute Gasteiger partial charge is 0.312 e. The first-order valence-corrected chi connectivity index (χ1v) is 7.79. The van der Waals surface area contributed by atoms with E-state index < -0.39 is 10.8 Å². The van der Waals surface area contributed by atoms with Crippen LogP contribution in [0.3, 0.4) is 0 Å². The lowest BCUT2D eigenvalue weighted by Gasteiger charge is -2.17. The van der Waals surface area contributed by atoms with E-state index in [1.807, 2.05) is 18.2 Å². The Labute approximate surface area is 149 Å². The molecule has 0 aliphatic rings. The van der Waals surface area contributed by atoms with Crippen LogP contribution in [-0.4, -0.2) is 24.5 Å². The number of carbonyl (C=O) groups is 1. The molecule has 0 spiro atoms. The van der Waals surface area contributed by atoms with Crippen molar-refractivity contribution in [3.8, 4) is 11.5 Å². The summed E-state index contributed by atoms with van der Waals surface area (Å²) in [6.45, 7) is 1.45. The number of nitro groups is 1. The highest BCUT2D eigenvalue weighted by molar-refractivity contribution is 6.30. The van der Waals surface area contributed by atoms with Crippen LogP contribution in [0.4, 0.5) is 5.69 Å². The SMILES string of the molecule is COc1ccccc1C(C)NC(=O)COc1ccc(Cl)cc1[N+](=O)[O-]. The number of amides is 1. The minimum absolute atomic E-state index is 0.0190. The maximum Gasteiger partial charge on any atom is 0.312 e. The number of para-hydroxylation sites is 1. The minimum atomic E-state index is -0.615. The number of hydrogen-bond acceptors (Lipinski definition) is 5. The second-order valence-electron chi connectivity index (χ2n) is 5.19. The molecule has 0 aliphatic carbocycles. The molecule has 1 N–H and O–H groups in total. The number of benzene rings is 2. The second-order valence-corrected chi connectivity index (χ2v) is 5.63. The van der Waals surface area contributed by atoms with Gasteiger partial charge in [0.15, 0.2) is 12.4 Å². The molecular weight excluding hydrogens is 348 g/mol. The van der Waals surface area contributed by atoms with Gasteiger partial charge < -0.3 is 14.8 Å². The molecule has 0 saturated heterocycles. The summed E-state index contributed by atoms with van der Waals surface area (Å²) in [6.07, 6.45) is 0. The molecule has 0 aromatic heterocycles. The fourth-order valence-corrected chi connectivity index (χ4v) is 2.45. The highest BCUT2D eigenvalue weighted by atomic mass is 35.5. The summed E-state index contributed by atoms with van der Waals surface area (Å²) in [5.74, 6) is 0.224. The van der Waals surface area contributed by atoms with Gasteiger partial charge in [0, 0.05) is 16.7 Å². The van der Waals surface area contributed by atoms with Gasteiger partial charge in [-0.25, -0.2) is 0 Å². The number of nitro benzene ring substituents is 1. The van der Waals surface area contributed by atoms with Crippen molar-refractivity contribution in [3.63, 3.8) is 0 Å². The van der Waals surface area contributed by atoms with Crippen LogP contribution in [0.5, 0.6) is 11.5 Å². The van der Waals surface area contributed by atoms with Gasteiger partial charge in [0.1, 0.15) is 5.75 Å². The van der Waals surface area contributed by atoms with Crippen molar-refractivity contribution in [2.75, 3.05) is 13.7 Å². The first kappa shape index (κ1) is 18.5. The second kappa shape index (κ2) is 8.34. The van der Waals surface area contributed by atoms with E-state index in [1.54, 1.807) is 20.1 Å². The Morgan fingerprint density at radius 3 is 2.68 bits per heavy atom. The lowest BCUT2D eigenvalue weighted by atomic mass is 10.1. The summed E-state index contributed by atoms with van der Waals surface area (Å²) in [5.41, 5.74) is 0.522. The van der Waals surface area contributed by atoms with Crippen molar-refractivity contribution < 1.29 is 19.2 Å². The highest BCUT2D eigenvalue weighted by Gasteiger charge is 2.18. The van der Waals surface area contributed by atoms with Crippen LogP contribution in [-0.2, 0) is 4.79 Å². The molecule has 0 heterocycles. The molecular formula is C17H17ClN2O5. The highest BCUT2D eigenvalue weighted by Crippen LogP contribution is 2.30. The van der Waals surface area contributed by atoms with E-state index in [2.05, 4.69) is 5.32 Å². The van der Waals surface area contributed by atoms with Crippen molar-refractivity contribution in [2.24, 2.45) is 0 Å². The zero-order valence-electron chi connectivity index (χ0n) is 13.7. The monoisotopic (exact) mass is 364 g/mol. The van der Waals surface area contributed by atoms with E-state index in [4.69, 9.17) is 21.1 Å². The Bertz CT molecular complexity index is 781. The van der Waals surface area contributed by atoms with Crippen LogP contribution in [0.2, 0.25) is 5.02 Å². The molecule has 0 radical (unpaired) electrons. The third-order valence-electron chi connectivity index (χ3n) is 3.46. The molecule has 1 atom stereocenters. The van der Waals surface area contributed by atoms with Crippen molar-refractivity contribution in [2.45, 2.75) is 13.0 Å². The maximum absolute atomic E-state index is 12.1. The molecule has 7 nitrogen and oxygen atoms in total. The lowest BCUT2D eigenvalue weighted by molar-refractivity contribution is -0.385. The van der Waals surface area contributed by atoms with Crippen LogP contribution >= 0.6 is 11.6 Å². The third-order valence-corrected chi connectivity index (χ3v) is 3.69. The quantitative estimate of drug-likeness (QED) is 0.599. The van der Waals surface area contributed by atoms with Gasteiger partial charge in [0.2, 0.25) is 0 Å². The summed E-state index contributed by atoms with van der Waals surface area (Å²) in [6, 6.07) is 11.0. The van der Waals surface area contributed by atoms with E-state index in [0.29, 0.717) is 5.75 Å². The summed E-state index contributed by atoms with van der Waals surface area (Å²) < 4.78 is 10.5. The number of halogens is 1.